The topological polar surface area (TPSA) is 88.5 Å². The summed E-state index contributed by atoms with van der Waals surface area (Å²) in [7, 11) is 0. The third-order valence-corrected chi connectivity index (χ3v) is 9.22. The van der Waals surface area contributed by atoms with E-state index in [1.54, 1.807) is 22.7 Å². The molecular formula is C25H20N2O4S3. The van der Waals surface area contributed by atoms with Crippen LogP contribution in [-0.4, -0.2) is 21.5 Å². The fourth-order valence-corrected chi connectivity index (χ4v) is 6.84. The summed E-state index contributed by atoms with van der Waals surface area (Å²) in [5.74, 6) is 5.55. The average Bonchev–Trinajstić information content (AvgIpc) is 3.25. The van der Waals surface area contributed by atoms with Gasteiger partial charge in [0, 0.05) is 10.3 Å². The highest BCUT2D eigenvalue weighted by Crippen LogP contribution is 2.52. The predicted octanol–water partition coefficient (Wildman–Crippen LogP) is 6.30. The van der Waals surface area contributed by atoms with Gasteiger partial charge in [0.1, 0.15) is 16.9 Å². The lowest BCUT2D eigenvalue weighted by Gasteiger charge is -2.08. The van der Waals surface area contributed by atoms with Crippen LogP contribution in [0.15, 0.2) is 36.4 Å². The summed E-state index contributed by atoms with van der Waals surface area (Å²) in [4.78, 5) is 26.4. The first kappa shape index (κ1) is 22.6. The fourth-order valence-electron chi connectivity index (χ4n) is 3.60. The molecule has 1 aromatic carbocycles. The van der Waals surface area contributed by atoms with E-state index in [4.69, 9.17) is 4.74 Å². The first-order valence-corrected chi connectivity index (χ1v) is 13.0. The molecule has 5 rings (SSSR count). The molecule has 6 nitrogen and oxygen atoms in total. The van der Waals surface area contributed by atoms with E-state index < -0.39 is 17.5 Å². The van der Waals surface area contributed by atoms with Crippen molar-refractivity contribution in [3.05, 3.63) is 67.9 Å². The summed E-state index contributed by atoms with van der Waals surface area (Å²) in [6, 6.07) is 11.7. The van der Waals surface area contributed by atoms with E-state index in [1.165, 1.54) is 11.5 Å². The molecule has 1 fully saturated rings. The zero-order valence-electron chi connectivity index (χ0n) is 18.4. The van der Waals surface area contributed by atoms with Crippen molar-refractivity contribution in [2.45, 2.75) is 38.7 Å². The van der Waals surface area contributed by atoms with Gasteiger partial charge >= 0.3 is 12.1 Å². The number of ether oxygens (including phenoxy) is 1. The molecule has 1 aliphatic carbocycles. The van der Waals surface area contributed by atoms with Crippen LogP contribution in [0.5, 0.6) is 0 Å². The van der Waals surface area contributed by atoms with E-state index in [1.807, 2.05) is 50.2 Å². The number of carboxylic acids is 1. The monoisotopic (exact) mass is 508 g/mol. The average molecular weight is 509 g/mol. The highest BCUT2D eigenvalue weighted by atomic mass is 32.2. The maximum Gasteiger partial charge on any atom is 0.412 e. The van der Waals surface area contributed by atoms with Gasteiger partial charge in [-0.15, -0.1) is 22.7 Å². The van der Waals surface area contributed by atoms with Crippen LogP contribution in [0.1, 0.15) is 44.3 Å². The van der Waals surface area contributed by atoms with Crippen molar-refractivity contribution in [2.24, 2.45) is 0 Å². The summed E-state index contributed by atoms with van der Waals surface area (Å²) >= 11 is 4.32. The molecule has 172 valence electrons. The molecule has 0 saturated heterocycles. The van der Waals surface area contributed by atoms with Crippen molar-refractivity contribution in [1.29, 1.82) is 0 Å². The predicted molar refractivity (Wildman–Crippen MR) is 136 cm³/mol. The molecule has 0 atom stereocenters. The SMILES string of the molecule is Cc1ccccc1COC(=O)Nc1c(C)nsc1C#Cc1cc2cc(C3(C(=O)O)CC3)sc2s1. The Labute approximate surface area is 208 Å². The second-order valence-corrected chi connectivity index (χ2v) is 11.3. The Balaban J connectivity index is 1.29. The summed E-state index contributed by atoms with van der Waals surface area (Å²) < 4.78 is 10.8. The Bertz CT molecular complexity index is 1450. The first-order chi connectivity index (χ1) is 16.4. The maximum atomic E-state index is 12.4. The summed E-state index contributed by atoms with van der Waals surface area (Å²) in [5.41, 5.74) is 2.58. The zero-order valence-corrected chi connectivity index (χ0v) is 20.9. The molecule has 1 saturated carbocycles. The Morgan fingerprint density at radius 2 is 1.97 bits per heavy atom. The maximum absolute atomic E-state index is 12.4. The lowest BCUT2D eigenvalue weighted by Crippen LogP contribution is -2.17. The highest BCUT2D eigenvalue weighted by Gasteiger charge is 2.53. The minimum atomic E-state index is -0.737. The van der Waals surface area contributed by atoms with Crippen LogP contribution in [0.3, 0.4) is 0 Å². The van der Waals surface area contributed by atoms with E-state index in [0.29, 0.717) is 29.1 Å². The van der Waals surface area contributed by atoms with Gasteiger partial charge in [-0.3, -0.25) is 10.1 Å². The lowest BCUT2D eigenvalue weighted by molar-refractivity contribution is -0.139. The number of fused-ring (bicyclic) bond motifs is 1. The van der Waals surface area contributed by atoms with Crippen LogP contribution in [0.2, 0.25) is 0 Å². The largest absolute Gasteiger partial charge is 0.481 e. The molecule has 1 amide bonds. The summed E-state index contributed by atoms with van der Waals surface area (Å²) in [5, 5.41) is 13.3. The van der Waals surface area contributed by atoms with Gasteiger partial charge in [-0.05, 0) is 73.3 Å². The van der Waals surface area contributed by atoms with Crippen molar-refractivity contribution < 1.29 is 19.4 Å². The van der Waals surface area contributed by atoms with E-state index >= 15 is 0 Å². The Kier molecular flexibility index (Phi) is 5.90. The molecule has 3 aromatic heterocycles. The van der Waals surface area contributed by atoms with Gasteiger partial charge in [0.25, 0.3) is 0 Å². The number of anilines is 1. The van der Waals surface area contributed by atoms with Crippen molar-refractivity contribution in [3.8, 4) is 11.8 Å². The summed E-state index contributed by atoms with van der Waals surface area (Å²) in [6.45, 7) is 3.98. The first-order valence-electron chi connectivity index (χ1n) is 10.6. The summed E-state index contributed by atoms with van der Waals surface area (Å²) in [6.07, 6.45) is 0.860. The van der Waals surface area contributed by atoms with Crippen LogP contribution in [0, 0.1) is 25.7 Å². The number of carbonyl (C=O) groups is 2. The number of nitrogens with zero attached hydrogens (tertiary/aromatic N) is 1. The number of hydrogen-bond donors (Lipinski definition) is 2. The quantitative estimate of drug-likeness (QED) is 0.309. The number of nitrogens with one attached hydrogen (secondary N) is 1. The molecule has 34 heavy (non-hydrogen) atoms. The number of thiophene rings is 2. The molecular weight excluding hydrogens is 488 g/mol. The molecule has 0 spiro atoms. The lowest BCUT2D eigenvalue weighted by atomic mass is 10.1. The van der Waals surface area contributed by atoms with Crippen LogP contribution >= 0.6 is 34.2 Å². The number of carbonyl (C=O) groups excluding carboxylic acids is 1. The molecule has 0 aliphatic heterocycles. The molecule has 3 heterocycles. The molecule has 1 aliphatic rings. The molecule has 2 N–H and O–H groups in total. The second kappa shape index (κ2) is 8.87. The van der Waals surface area contributed by atoms with Crippen molar-refractivity contribution in [1.82, 2.24) is 4.37 Å². The van der Waals surface area contributed by atoms with Gasteiger partial charge in [-0.25, -0.2) is 4.79 Å². The normalized spacial score (nSPS) is 13.8. The van der Waals surface area contributed by atoms with Crippen molar-refractivity contribution in [3.63, 3.8) is 0 Å². The van der Waals surface area contributed by atoms with E-state index in [2.05, 4.69) is 21.5 Å². The van der Waals surface area contributed by atoms with Gasteiger partial charge in [0.05, 0.1) is 20.3 Å². The van der Waals surface area contributed by atoms with Gasteiger partial charge in [0.2, 0.25) is 0 Å². The number of aromatic nitrogens is 1. The number of benzene rings is 1. The zero-order chi connectivity index (χ0) is 23.9. The molecule has 4 aromatic rings. The van der Waals surface area contributed by atoms with Crippen LogP contribution in [0.25, 0.3) is 9.40 Å². The number of carboxylic acid groups (broad SMARTS) is 1. The number of amides is 1. The number of aliphatic carboxylic acids is 1. The fraction of sp³-hybridized carbons (Fsp3) is 0.240. The minimum Gasteiger partial charge on any atom is -0.481 e. The minimum absolute atomic E-state index is 0.188. The third-order valence-electron chi connectivity index (χ3n) is 5.85. The highest BCUT2D eigenvalue weighted by molar-refractivity contribution is 7.38. The molecule has 9 heteroatoms. The van der Waals surface area contributed by atoms with Gasteiger partial charge in [-0.1, -0.05) is 24.3 Å². The van der Waals surface area contributed by atoms with Crippen LogP contribution < -0.4 is 5.32 Å². The third kappa shape index (κ3) is 4.32. The number of aryl methyl sites for hydroxylation is 2. The smallest absolute Gasteiger partial charge is 0.412 e. The molecule has 0 bridgehead atoms. The number of rotatable bonds is 5. The van der Waals surface area contributed by atoms with Crippen molar-refractivity contribution >= 4 is 61.4 Å². The van der Waals surface area contributed by atoms with E-state index in [9.17, 15) is 14.7 Å². The van der Waals surface area contributed by atoms with Crippen LogP contribution in [0.4, 0.5) is 10.5 Å². The van der Waals surface area contributed by atoms with Gasteiger partial charge in [0.15, 0.2) is 0 Å². The molecule has 0 radical (unpaired) electrons. The molecule has 0 unspecified atom stereocenters. The number of hydrogen-bond acceptors (Lipinski definition) is 7. The van der Waals surface area contributed by atoms with E-state index in [0.717, 1.165) is 30.3 Å². The van der Waals surface area contributed by atoms with Crippen molar-refractivity contribution in [2.75, 3.05) is 5.32 Å². The van der Waals surface area contributed by atoms with Crippen LogP contribution in [-0.2, 0) is 21.6 Å². The van der Waals surface area contributed by atoms with E-state index in [-0.39, 0.29) is 6.61 Å². The Morgan fingerprint density at radius 3 is 2.68 bits per heavy atom. The van der Waals surface area contributed by atoms with Gasteiger partial charge < -0.3 is 9.84 Å². The Morgan fingerprint density at radius 1 is 1.18 bits per heavy atom. The standard InChI is InChI=1S/C25H20N2O4S3/c1-14-5-3-4-6-16(14)13-31-24(30)26-21-15(2)27-34-19(21)8-7-18-11-17-12-20(33-22(17)32-18)25(9-10-25)23(28)29/h3-6,11-12H,9-10,13H2,1-2H3,(H,26,30)(H,28,29). The van der Waals surface area contributed by atoms with Gasteiger partial charge in [-0.2, -0.15) is 4.37 Å². The second-order valence-electron chi connectivity index (χ2n) is 8.20. The Hall–Kier alpha value is -3.19.